The zero-order valence-electron chi connectivity index (χ0n) is 11.5. The third kappa shape index (κ3) is 3.78. The van der Waals surface area contributed by atoms with Crippen molar-refractivity contribution in [1.29, 1.82) is 0 Å². The predicted molar refractivity (Wildman–Crippen MR) is 97.6 cm³/mol. The van der Waals surface area contributed by atoms with Crippen LogP contribution in [0.25, 0.3) is 0 Å². The monoisotopic (exact) mass is 436 g/mol. The molecule has 0 spiro atoms. The number of nitrogens with zero attached hydrogens (tertiary/aromatic N) is 2. The Hall–Kier alpha value is -1.06. The van der Waals surface area contributed by atoms with E-state index in [1.165, 1.54) is 11.3 Å². The Labute approximate surface area is 145 Å². The number of carbonyl (C=O) groups is 1. The van der Waals surface area contributed by atoms with Crippen molar-refractivity contribution >= 4 is 68.1 Å². The van der Waals surface area contributed by atoms with Crippen molar-refractivity contribution in [3.05, 3.63) is 31.7 Å². The molecule has 0 aliphatic carbocycles. The quantitative estimate of drug-likeness (QED) is 0.717. The second kappa shape index (κ2) is 6.80. The average molecular weight is 437 g/mol. The highest BCUT2D eigenvalue weighted by Crippen LogP contribution is 2.29. The van der Waals surface area contributed by atoms with Crippen LogP contribution in [0, 0.1) is 3.57 Å². The van der Waals surface area contributed by atoms with E-state index in [4.69, 9.17) is 17.3 Å². The summed E-state index contributed by atoms with van der Waals surface area (Å²) in [6.45, 7) is 2.80. The normalized spacial score (nSPS) is 10.5. The minimum atomic E-state index is -0.263. The number of carbonyl (C=O) groups excluding carboxylic acids is 1. The maximum atomic E-state index is 12.3. The second-order valence-corrected chi connectivity index (χ2v) is 6.88. The number of aromatic nitrogens is 1. The van der Waals surface area contributed by atoms with E-state index in [1.807, 2.05) is 18.9 Å². The van der Waals surface area contributed by atoms with Gasteiger partial charge >= 0.3 is 0 Å². The molecule has 1 aromatic heterocycles. The number of amides is 1. The number of hydrogen-bond donors (Lipinski definition) is 2. The maximum Gasteiger partial charge on any atom is 0.269 e. The van der Waals surface area contributed by atoms with Gasteiger partial charge in [0.05, 0.1) is 5.69 Å². The van der Waals surface area contributed by atoms with Crippen LogP contribution in [0.3, 0.4) is 0 Å². The molecule has 5 nitrogen and oxygen atoms in total. The summed E-state index contributed by atoms with van der Waals surface area (Å²) in [6, 6.07) is 5.27. The molecule has 0 unspecified atom stereocenters. The van der Waals surface area contributed by atoms with Gasteiger partial charge in [0.1, 0.15) is 10.7 Å². The van der Waals surface area contributed by atoms with Crippen LogP contribution in [0.4, 0.5) is 16.6 Å². The molecule has 112 valence electrons. The minimum Gasteiger partial charge on any atom is -0.382 e. The van der Waals surface area contributed by atoms with Crippen molar-refractivity contribution < 1.29 is 4.79 Å². The highest BCUT2D eigenvalue weighted by atomic mass is 127. The molecule has 21 heavy (non-hydrogen) atoms. The number of hydrogen-bond acceptors (Lipinski definition) is 5. The lowest BCUT2D eigenvalue weighted by Gasteiger charge is -2.11. The van der Waals surface area contributed by atoms with Crippen molar-refractivity contribution in [3.63, 3.8) is 0 Å². The van der Waals surface area contributed by atoms with E-state index in [9.17, 15) is 4.79 Å². The van der Waals surface area contributed by atoms with Crippen LogP contribution >= 0.6 is 45.5 Å². The first-order chi connectivity index (χ1) is 9.92. The van der Waals surface area contributed by atoms with Gasteiger partial charge in [0, 0.05) is 22.2 Å². The third-order valence-corrected chi connectivity index (χ3v) is 5.14. The molecule has 0 saturated carbocycles. The Bertz CT molecular complexity index is 676. The van der Waals surface area contributed by atoms with E-state index < -0.39 is 0 Å². The molecule has 8 heteroatoms. The van der Waals surface area contributed by atoms with Crippen LogP contribution in [0.2, 0.25) is 5.02 Å². The van der Waals surface area contributed by atoms with E-state index in [0.717, 1.165) is 15.2 Å². The molecule has 0 aliphatic rings. The van der Waals surface area contributed by atoms with Crippen LogP contribution in [-0.4, -0.2) is 24.5 Å². The van der Waals surface area contributed by atoms with Crippen LogP contribution in [-0.2, 0) is 0 Å². The number of anilines is 3. The Kier molecular flexibility index (Phi) is 5.28. The van der Waals surface area contributed by atoms with Gasteiger partial charge in [-0.1, -0.05) is 22.9 Å². The molecule has 1 aromatic carbocycles. The number of nitrogen functional groups attached to an aromatic ring is 1. The van der Waals surface area contributed by atoms with Crippen molar-refractivity contribution in [3.8, 4) is 0 Å². The molecule has 0 atom stereocenters. The van der Waals surface area contributed by atoms with Gasteiger partial charge in [-0.15, -0.1) is 0 Å². The number of halogens is 2. The summed E-state index contributed by atoms with van der Waals surface area (Å²) < 4.78 is 0.863. The zero-order valence-corrected chi connectivity index (χ0v) is 15.2. The fraction of sp³-hybridized carbons (Fsp3) is 0.231. The topological polar surface area (TPSA) is 71.2 Å². The third-order valence-electron chi connectivity index (χ3n) is 2.83. The Morgan fingerprint density at radius 1 is 1.57 bits per heavy atom. The number of rotatable bonds is 4. The highest BCUT2D eigenvalue weighted by molar-refractivity contribution is 14.1. The SMILES string of the molecule is CCN(C)c1nc(N)c(C(=O)Nc2ccc(Cl)cc2I)s1. The second-order valence-electron chi connectivity index (χ2n) is 4.30. The van der Waals surface area contributed by atoms with Gasteiger partial charge in [-0.05, 0) is 47.7 Å². The average Bonchev–Trinajstić information content (AvgIpc) is 2.83. The van der Waals surface area contributed by atoms with Gasteiger partial charge in [0.2, 0.25) is 0 Å². The first-order valence-corrected chi connectivity index (χ1v) is 8.43. The van der Waals surface area contributed by atoms with E-state index in [2.05, 4.69) is 32.9 Å². The zero-order chi connectivity index (χ0) is 15.6. The summed E-state index contributed by atoms with van der Waals surface area (Å²) in [6.07, 6.45) is 0. The summed E-state index contributed by atoms with van der Waals surface area (Å²) in [7, 11) is 1.90. The molecular weight excluding hydrogens is 423 g/mol. The molecule has 0 radical (unpaired) electrons. The van der Waals surface area contributed by atoms with Crippen molar-refractivity contribution in [2.24, 2.45) is 0 Å². The molecule has 3 N–H and O–H groups in total. The molecule has 2 rings (SSSR count). The van der Waals surface area contributed by atoms with E-state index in [-0.39, 0.29) is 11.7 Å². The molecule has 2 aromatic rings. The molecule has 0 saturated heterocycles. The van der Waals surface area contributed by atoms with Gasteiger partial charge in [0.15, 0.2) is 5.13 Å². The predicted octanol–water partition coefficient (Wildman–Crippen LogP) is 3.69. The van der Waals surface area contributed by atoms with Gasteiger partial charge in [-0.25, -0.2) is 4.98 Å². The number of thiazole rings is 1. The standard InChI is InChI=1S/C13H14ClIN4OS/c1-3-19(2)13-18-11(16)10(21-13)12(20)17-9-5-4-7(14)6-8(9)15/h4-6H,3,16H2,1-2H3,(H,17,20). The Morgan fingerprint density at radius 3 is 2.90 bits per heavy atom. The van der Waals surface area contributed by atoms with Gasteiger partial charge in [-0.2, -0.15) is 0 Å². The number of nitrogens with one attached hydrogen (secondary N) is 1. The van der Waals surface area contributed by atoms with Crippen molar-refractivity contribution in [2.75, 3.05) is 29.5 Å². The van der Waals surface area contributed by atoms with Gasteiger partial charge in [-0.3, -0.25) is 4.79 Å². The Morgan fingerprint density at radius 2 is 2.29 bits per heavy atom. The maximum absolute atomic E-state index is 12.3. The number of nitrogens with two attached hydrogens (primary N) is 1. The smallest absolute Gasteiger partial charge is 0.269 e. The lowest BCUT2D eigenvalue weighted by atomic mass is 10.3. The van der Waals surface area contributed by atoms with Crippen LogP contribution in [0.15, 0.2) is 18.2 Å². The van der Waals surface area contributed by atoms with Crippen molar-refractivity contribution in [2.45, 2.75) is 6.92 Å². The fourth-order valence-electron chi connectivity index (χ4n) is 1.55. The highest BCUT2D eigenvalue weighted by Gasteiger charge is 2.18. The largest absolute Gasteiger partial charge is 0.382 e. The molecular formula is C13H14ClIN4OS. The van der Waals surface area contributed by atoms with E-state index in [1.54, 1.807) is 18.2 Å². The lowest BCUT2D eigenvalue weighted by Crippen LogP contribution is -2.15. The first-order valence-electron chi connectivity index (χ1n) is 6.16. The Balaban J connectivity index is 2.22. The van der Waals surface area contributed by atoms with E-state index in [0.29, 0.717) is 15.6 Å². The minimum absolute atomic E-state index is 0.247. The van der Waals surface area contributed by atoms with Crippen molar-refractivity contribution in [1.82, 2.24) is 4.98 Å². The summed E-state index contributed by atoms with van der Waals surface area (Å²) >= 11 is 9.30. The summed E-state index contributed by atoms with van der Waals surface area (Å²) in [5, 5.41) is 4.19. The lowest BCUT2D eigenvalue weighted by molar-refractivity contribution is 0.103. The molecule has 1 heterocycles. The molecule has 0 aliphatic heterocycles. The van der Waals surface area contributed by atoms with Crippen LogP contribution < -0.4 is 16.0 Å². The van der Waals surface area contributed by atoms with Crippen LogP contribution in [0.1, 0.15) is 16.6 Å². The van der Waals surface area contributed by atoms with Crippen LogP contribution in [0.5, 0.6) is 0 Å². The van der Waals surface area contributed by atoms with Gasteiger partial charge < -0.3 is 16.0 Å². The molecule has 0 fully saturated rings. The summed E-state index contributed by atoms with van der Waals surface area (Å²) in [5.41, 5.74) is 6.54. The van der Waals surface area contributed by atoms with Gasteiger partial charge in [0.25, 0.3) is 5.91 Å². The summed E-state index contributed by atoms with van der Waals surface area (Å²) in [5.74, 6) is -0.0160. The fourth-order valence-corrected chi connectivity index (χ4v) is 3.46. The number of benzene rings is 1. The molecule has 0 bridgehead atoms. The molecule has 1 amide bonds. The summed E-state index contributed by atoms with van der Waals surface area (Å²) in [4.78, 5) is 18.9. The van der Waals surface area contributed by atoms with E-state index >= 15 is 0 Å². The first kappa shape index (κ1) is 16.3.